The highest BCUT2D eigenvalue weighted by molar-refractivity contribution is 9.10. The van der Waals surface area contributed by atoms with Crippen LogP contribution in [-0.4, -0.2) is 4.98 Å². The second-order valence-electron chi connectivity index (χ2n) is 8.75. The number of aromatic nitrogens is 1. The van der Waals surface area contributed by atoms with Gasteiger partial charge in [-0.05, 0) is 46.0 Å². The first-order valence-electron chi connectivity index (χ1n) is 11.2. The van der Waals surface area contributed by atoms with Crippen LogP contribution in [0.3, 0.4) is 0 Å². The Morgan fingerprint density at radius 2 is 1.21 bits per heavy atom. The van der Waals surface area contributed by atoms with Gasteiger partial charge in [0.15, 0.2) is 0 Å². The normalized spacial score (nSPS) is 13.8. The predicted molar refractivity (Wildman–Crippen MR) is 141 cm³/mol. The van der Waals surface area contributed by atoms with E-state index < -0.39 is 5.41 Å². The van der Waals surface area contributed by atoms with Crippen molar-refractivity contribution in [1.82, 2.24) is 4.98 Å². The van der Waals surface area contributed by atoms with Gasteiger partial charge in [-0.2, -0.15) is 0 Å². The number of hydrogen-bond donors (Lipinski definition) is 1. The number of para-hydroxylation sites is 1. The Morgan fingerprint density at radius 3 is 1.94 bits per heavy atom. The van der Waals surface area contributed by atoms with Crippen molar-refractivity contribution in [3.8, 4) is 11.1 Å². The van der Waals surface area contributed by atoms with E-state index in [2.05, 4.69) is 136 Å². The van der Waals surface area contributed by atoms with Gasteiger partial charge in [-0.1, -0.05) is 113 Å². The van der Waals surface area contributed by atoms with Gasteiger partial charge in [0, 0.05) is 26.3 Å². The van der Waals surface area contributed by atoms with Crippen molar-refractivity contribution in [3.05, 3.63) is 142 Å². The number of benzene rings is 5. The smallest absolute Gasteiger partial charge is 0.0734 e. The Kier molecular flexibility index (Phi) is 3.97. The fourth-order valence-electron chi connectivity index (χ4n) is 5.87. The highest BCUT2D eigenvalue weighted by Crippen LogP contribution is 2.58. The van der Waals surface area contributed by atoms with Crippen molar-refractivity contribution in [1.29, 1.82) is 0 Å². The van der Waals surface area contributed by atoms with Crippen LogP contribution in [0.4, 0.5) is 0 Å². The van der Waals surface area contributed by atoms with E-state index in [4.69, 9.17) is 0 Å². The summed E-state index contributed by atoms with van der Waals surface area (Å²) >= 11 is 3.78. The summed E-state index contributed by atoms with van der Waals surface area (Å²) in [5.74, 6) is 0. The summed E-state index contributed by atoms with van der Waals surface area (Å²) in [6.07, 6.45) is 0. The Hall–Kier alpha value is -3.62. The summed E-state index contributed by atoms with van der Waals surface area (Å²) < 4.78 is 1.10. The first-order valence-corrected chi connectivity index (χ1v) is 12.0. The molecule has 1 N–H and O–H groups in total. The zero-order valence-electron chi connectivity index (χ0n) is 17.8. The molecule has 0 atom stereocenters. The third kappa shape index (κ3) is 2.47. The van der Waals surface area contributed by atoms with Crippen molar-refractivity contribution < 1.29 is 0 Å². The number of aromatic amines is 1. The zero-order valence-corrected chi connectivity index (χ0v) is 19.4. The summed E-state index contributed by atoms with van der Waals surface area (Å²) in [4.78, 5) is 3.81. The molecule has 0 saturated carbocycles. The standard InChI is InChI=1S/C31H20BrN/c32-22-15-16-23-25-17-18-26-24-13-7-8-14-28(24)33-30(26)29(25)31(27(23)19-22,20-9-3-1-4-10-20)21-11-5-2-6-12-21/h1-19,33H. The summed E-state index contributed by atoms with van der Waals surface area (Å²) in [5, 5.41) is 2.54. The molecule has 6 aromatic rings. The van der Waals surface area contributed by atoms with E-state index in [1.54, 1.807) is 0 Å². The lowest BCUT2D eigenvalue weighted by atomic mass is 9.67. The van der Waals surface area contributed by atoms with Gasteiger partial charge in [-0.15, -0.1) is 0 Å². The summed E-state index contributed by atoms with van der Waals surface area (Å²) in [6, 6.07) is 41.8. The predicted octanol–water partition coefficient (Wildman–Crippen LogP) is 8.45. The fourth-order valence-corrected chi connectivity index (χ4v) is 6.23. The molecular formula is C31H20BrN. The molecule has 1 aliphatic carbocycles. The molecule has 0 bridgehead atoms. The van der Waals surface area contributed by atoms with E-state index in [-0.39, 0.29) is 0 Å². The van der Waals surface area contributed by atoms with Crippen molar-refractivity contribution in [2.24, 2.45) is 0 Å². The molecule has 0 fully saturated rings. The third-order valence-electron chi connectivity index (χ3n) is 7.15. The molecule has 5 aromatic carbocycles. The molecule has 33 heavy (non-hydrogen) atoms. The maximum atomic E-state index is 3.81. The highest BCUT2D eigenvalue weighted by atomic mass is 79.9. The Balaban J connectivity index is 1.75. The first kappa shape index (κ1) is 18.9. The second-order valence-corrected chi connectivity index (χ2v) is 9.67. The van der Waals surface area contributed by atoms with Crippen LogP contribution in [0.15, 0.2) is 120 Å². The van der Waals surface area contributed by atoms with Crippen LogP contribution in [0.25, 0.3) is 32.9 Å². The van der Waals surface area contributed by atoms with Crippen molar-refractivity contribution in [2.45, 2.75) is 5.41 Å². The maximum Gasteiger partial charge on any atom is 0.0734 e. The molecule has 1 heterocycles. The Morgan fingerprint density at radius 1 is 0.576 bits per heavy atom. The van der Waals surface area contributed by atoms with Gasteiger partial charge >= 0.3 is 0 Å². The van der Waals surface area contributed by atoms with E-state index >= 15 is 0 Å². The lowest BCUT2D eigenvalue weighted by molar-refractivity contribution is 0.773. The molecule has 1 aromatic heterocycles. The number of H-pyrrole nitrogens is 1. The van der Waals surface area contributed by atoms with Gasteiger partial charge in [-0.25, -0.2) is 0 Å². The lowest BCUT2D eigenvalue weighted by Crippen LogP contribution is -2.28. The summed E-state index contributed by atoms with van der Waals surface area (Å²) in [7, 11) is 0. The van der Waals surface area contributed by atoms with Gasteiger partial charge in [-0.3, -0.25) is 0 Å². The Bertz CT molecular complexity index is 1620. The molecule has 0 unspecified atom stereocenters. The molecule has 1 nitrogen and oxygen atoms in total. The molecule has 0 radical (unpaired) electrons. The number of halogens is 1. The highest BCUT2D eigenvalue weighted by Gasteiger charge is 2.47. The van der Waals surface area contributed by atoms with Crippen LogP contribution in [-0.2, 0) is 5.41 Å². The van der Waals surface area contributed by atoms with E-state index in [9.17, 15) is 0 Å². The van der Waals surface area contributed by atoms with E-state index in [1.165, 1.54) is 55.2 Å². The van der Waals surface area contributed by atoms with Crippen LogP contribution in [0, 0.1) is 0 Å². The molecule has 0 saturated heterocycles. The SMILES string of the molecule is Brc1ccc2c(c1)C(c1ccccc1)(c1ccccc1)c1c-2ccc2c1[nH]c1ccccc12. The van der Waals surface area contributed by atoms with Gasteiger partial charge in [0.2, 0.25) is 0 Å². The van der Waals surface area contributed by atoms with E-state index in [0.717, 1.165) is 4.47 Å². The molecule has 7 rings (SSSR count). The van der Waals surface area contributed by atoms with Crippen molar-refractivity contribution in [2.75, 3.05) is 0 Å². The average molecular weight is 486 g/mol. The van der Waals surface area contributed by atoms with E-state index in [0.29, 0.717) is 0 Å². The minimum absolute atomic E-state index is 0.419. The zero-order chi connectivity index (χ0) is 22.0. The van der Waals surface area contributed by atoms with E-state index in [1.807, 2.05) is 0 Å². The first-order chi connectivity index (χ1) is 16.3. The number of nitrogens with one attached hydrogen (secondary N) is 1. The lowest BCUT2D eigenvalue weighted by Gasteiger charge is -2.34. The minimum atomic E-state index is -0.419. The van der Waals surface area contributed by atoms with Gasteiger partial charge in [0.1, 0.15) is 0 Å². The average Bonchev–Trinajstić information content (AvgIpc) is 3.39. The van der Waals surface area contributed by atoms with Crippen LogP contribution in [0.5, 0.6) is 0 Å². The molecular weight excluding hydrogens is 466 g/mol. The van der Waals surface area contributed by atoms with Gasteiger partial charge < -0.3 is 4.98 Å². The quantitative estimate of drug-likeness (QED) is 0.252. The molecule has 0 aliphatic heterocycles. The van der Waals surface area contributed by atoms with Crippen LogP contribution < -0.4 is 0 Å². The second kappa shape index (κ2) is 6.94. The van der Waals surface area contributed by atoms with Crippen molar-refractivity contribution in [3.63, 3.8) is 0 Å². The number of fused-ring (bicyclic) bond motifs is 7. The third-order valence-corrected chi connectivity index (χ3v) is 7.64. The van der Waals surface area contributed by atoms with Crippen LogP contribution >= 0.6 is 15.9 Å². The molecule has 0 spiro atoms. The summed E-state index contributed by atoms with van der Waals surface area (Å²) in [6.45, 7) is 0. The number of hydrogen-bond acceptors (Lipinski definition) is 0. The minimum Gasteiger partial charge on any atom is -0.354 e. The molecule has 2 heteroatoms. The topological polar surface area (TPSA) is 15.8 Å². The maximum absolute atomic E-state index is 3.81. The Labute approximate surface area is 200 Å². The molecule has 156 valence electrons. The monoisotopic (exact) mass is 485 g/mol. The van der Waals surface area contributed by atoms with Gasteiger partial charge in [0.05, 0.1) is 10.9 Å². The summed E-state index contributed by atoms with van der Waals surface area (Å²) in [5.41, 5.74) is 9.77. The number of rotatable bonds is 2. The largest absolute Gasteiger partial charge is 0.354 e. The van der Waals surface area contributed by atoms with Crippen LogP contribution in [0.2, 0.25) is 0 Å². The van der Waals surface area contributed by atoms with Crippen LogP contribution in [0.1, 0.15) is 22.3 Å². The van der Waals surface area contributed by atoms with Gasteiger partial charge in [0.25, 0.3) is 0 Å². The van der Waals surface area contributed by atoms with Crippen molar-refractivity contribution >= 4 is 37.7 Å². The molecule has 1 aliphatic rings. The molecule has 0 amide bonds. The fraction of sp³-hybridized carbons (Fsp3) is 0.0323.